The van der Waals surface area contributed by atoms with Crippen molar-refractivity contribution in [1.29, 1.82) is 0 Å². The van der Waals surface area contributed by atoms with Gasteiger partial charge in [-0.1, -0.05) is 18.2 Å². The van der Waals surface area contributed by atoms with Gasteiger partial charge in [-0.05, 0) is 24.3 Å². The number of nitrogens with two attached hydrogens (primary N) is 2. The van der Waals surface area contributed by atoms with Crippen LogP contribution in [-0.2, 0) is 7.05 Å². The second-order valence-corrected chi connectivity index (χ2v) is 7.03. The van der Waals surface area contributed by atoms with Crippen LogP contribution in [0.15, 0.2) is 54.9 Å². The van der Waals surface area contributed by atoms with E-state index in [1.807, 2.05) is 48.1 Å². The zero-order valence-corrected chi connectivity index (χ0v) is 16.0. The van der Waals surface area contributed by atoms with Crippen LogP contribution in [0.3, 0.4) is 0 Å². The third kappa shape index (κ3) is 2.49. The van der Waals surface area contributed by atoms with Crippen LogP contribution in [0.2, 0.25) is 0 Å². The third-order valence-electron chi connectivity index (χ3n) is 5.22. The van der Waals surface area contributed by atoms with E-state index in [-0.39, 0.29) is 28.5 Å². The van der Waals surface area contributed by atoms with Gasteiger partial charge in [0.25, 0.3) is 0 Å². The number of nitrogen functional groups attached to an aromatic ring is 2. The van der Waals surface area contributed by atoms with E-state index >= 15 is 0 Å². The highest BCUT2D eigenvalue weighted by Gasteiger charge is 2.26. The highest BCUT2D eigenvalue weighted by Crippen LogP contribution is 2.40. The summed E-state index contributed by atoms with van der Waals surface area (Å²) in [4.78, 5) is 23.5. The Morgan fingerprint density at radius 2 is 1.80 bits per heavy atom. The van der Waals surface area contributed by atoms with Crippen molar-refractivity contribution < 1.29 is 4.92 Å². The molecular weight excluding hydrogens is 382 g/mol. The molecule has 5 aromatic rings. The summed E-state index contributed by atoms with van der Waals surface area (Å²) in [6, 6.07) is 12.8. The summed E-state index contributed by atoms with van der Waals surface area (Å²) >= 11 is 0. The van der Waals surface area contributed by atoms with Crippen LogP contribution in [-0.4, -0.2) is 24.4 Å². The van der Waals surface area contributed by atoms with Crippen LogP contribution in [0.5, 0.6) is 0 Å². The average Bonchev–Trinajstić information content (AvgIpc) is 3.33. The van der Waals surface area contributed by atoms with E-state index in [1.54, 1.807) is 6.20 Å². The van der Waals surface area contributed by atoms with Crippen molar-refractivity contribution in [3.63, 3.8) is 0 Å². The maximum absolute atomic E-state index is 11.7. The first-order valence-corrected chi connectivity index (χ1v) is 9.18. The molecule has 0 spiro atoms. The Labute approximate surface area is 170 Å². The first kappa shape index (κ1) is 17.7. The van der Waals surface area contributed by atoms with Crippen LogP contribution in [0.25, 0.3) is 44.6 Å². The number of benzene rings is 2. The van der Waals surface area contributed by atoms with Gasteiger partial charge < -0.3 is 21.0 Å². The Morgan fingerprint density at radius 1 is 1.03 bits per heavy atom. The van der Waals surface area contributed by atoms with E-state index in [9.17, 15) is 10.1 Å². The highest BCUT2D eigenvalue weighted by molar-refractivity contribution is 6.03. The number of fused-ring (bicyclic) bond motifs is 2. The van der Waals surface area contributed by atoms with Crippen LogP contribution in [0.1, 0.15) is 0 Å². The third-order valence-corrected chi connectivity index (χ3v) is 5.22. The SMILES string of the molecule is Cn1cc(-c2nc(-c3c(N)ccc(N)c3[N+](=O)[O-])nc3[nH]ccc23)c2ccccc21. The normalized spacial score (nSPS) is 11.4. The number of hydrogen-bond donors (Lipinski definition) is 3. The number of H-pyrrole nitrogens is 1. The fourth-order valence-electron chi connectivity index (χ4n) is 3.84. The van der Waals surface area contributed by atoms with Crippen molar-refractivity contribution in [1.82, 2.24) is 19.5 Å². The molecule has 0 aliphatic carbocycles. The second kappa shape index (κ2) is 6.31. The van der Waals surface area contributed by atoms with E-state index in [0.717, 1.165) is 21.9 Å². The van der Waals surface area contributed by atoms with Crippen LogP contribution in [0, 0.1) is 10.1 Å². The molecule has 0 aliphatic heterocycles. The Hall–Kier alpha value is -4.40. The fourth-order valence-corrected chi connectivity index (χ4v) is 3.84. The lowest BCUT2D eigenvalue weighted by atomic mass is 10.1. The van der Waals surface area contributed by atoms with Crippen molar-refractivity contribution in [3.8, 4) is 22.6 Å². The fraction of sp³-hybridized carbons (Fsp3) is 0.0476. The molecule has 0 saturated heterocycles. The topological polar surface area (TPSA) is 142 Å². The smallest absolute Gasteiger partial charge is 0.305 e. The van der Waals surface area contributed by atoms with Gasteiger partial charge in [-0.15, -0.1) is 0 Å². The second-order valence-electron chi connectivity index (χ2n) is 7.03. The number of anilines is 2. The summed E-state index contributed by atoms with van der Waals surface area (Å²) in [5.74, 6) is 0.143. The minimum absolute atomic E-state index is 0.00564. The number of nitrogens with zero attached hydrogens (tertiary/aromatic N) is 4. The molecule has 2 aromatic carbocycles. The number of nitro benzene ring substituents is 1. The minimum atomic E-state index is -0.555. The van der Waals surface area contributed by atoms with Gasteiger partial charge in [-0.3, -0.25) is 10.1 Å². The molecule has 0 aliphatic rings. The Balaban J connectivity index is 1.87. The van der Waals surface area contributed by atoms with Crippen molar-refractivity contribution >= 4 is 39.0 Å². The molecule has 3 heterocycles. The number of aromatic amines is 1. The van der Waals surface area contributed by atoms with Gasteiger partial charge in [0.1, 0.15) is 16.9 Å². The van der Waals surface area contributed by atoms with Gasteiger partial charge in [0.15, 0.2) is 5.82 Å². The zero-order chi connectivity index (χ0) is 21.0. The molecule has 9 heteroatoms. The Kier molecular flexibility index (Phi) is 3.72. The standard InChI is InChI=1S/C21H17N7O2/c1-27-10-13(11-4-2-3-5-16(11)27)18-12-8-9-24-20(12)26-21(25-18)17-14(22)6-7-15(23)19(17)28(29)30/h2-10H,22-23H2,1H3,(H,24,25,26). The lowest BCUT2D eigenvalue weighted by molar-refractivity contribution is -0.383. The molecule has 0 unspecified atom stereocenters. The predicted octanol–water partition coefficient (Wildman–Crippen LogP) is 3.86. The lowest BCUT2D eigenvalue weighted by Crippen LogP contribution is -2.04. The van der Waals surface area contributed by atoms with E-state index in [4.69, 9.17) is 16.5 Å². The largest absolute Gasteiger partial charge is 0.398 e. The highest BCUT2D eigenvalue weighted by atomic mass is 16.6. The van der Waals surface area contributed by atoms with Crippen molar-refractivity contribution in [3.05, 3.63) is 65.0 Å². The monoisotopic (exact) mass is 399 g/mol. The first-order chi connectivity index (χ1) is 14.5. The summed E-state index contributed by atoms with van der Waals surface area (Å²) < 4.78 is 2.02. The van der Waals surface area contributed by atoms with Gasteiger partial charge in [0, 0.05) is 47.0 Å². The molecule has 0 bridgehead atoms. The molecule has 0 saturated carbocycles. The van der Waals surface area contributed by atoms with Crippen LogP contribution < -0.4 is 11.5 Å². The van der Waals surface area contributed by atoms with Gasteiger partial charge in [-0.2, -0.15) is 0 Å². The first-order valence-electron chi connectivity index (χ1n) is 9.18. The van der Waals surface area contributed by atoms with E-state index in [0.29, 0.717) is 11.3 Å². The summed E-state index contributed by atoms with van der Waals surface area (Å²) in [5, 5.41) is 13.5. The zero-order valence-electron chi connectivity index (χ0n) is 16.0. The van der Waals surface area contributed by atoms with E-state index in [2.05, 4.69) is 9.97 Å². The van der Waals surface area contributed by atoms with Gasteiger partial charge in [-0.25, -0.2) is 9.97 Å². The quantitative estimate of drug-likeness (QED) is 0.239. The van der Waals surface area contributed by atoms with Crippen molar-refractivity contribution in [2.45, 2.75) is 0 Å². The van der Waals surface area contributed by atoms with Gasteiger partial charge in [0.2, 0.25) is 0 Å². The van der Waals surface area contributed by atoms with Gasteiger partial charge >= 0.3 is 5.69 Å². The van der Waals surface area contributed by atoms with E-state index in [1.165, 1.54) is 12.1 Å². The lowest BCUT2D eigenvalue weighted by Gasteiger charge is -2.10. The maximum Gasteiger partial charge on any atom is 0.305 e. The predicted molar refractivity (Wildman–Crippen MR) is 117 cm³/mol. The molecule has 148 valence electrons. The summed E-state index contributed by atoms with van der Waals surface area (Å²) in [5.41, 5.74) is 15.1. The minimum Gasteiger partial charge on any atom is -0.398 e. The number of nitro groups is 1. The number of para-hydroxylation sites is 1. The number of nitrogens with one attached hydrogen (secondary N) is 1. The van der Waals surface area contributed by atoms with Crippen molar-refractivity contribution in [2.24, 2.45) is 7.05 Å². The molecule has 0 amide bonds. The number of aryl methyl sites for hydroxylation is 1. The number of rotatable bonds is 3. The number of aromatic nitrogens is 4. The van der Waals surface area contributed by atoms with Gasteiger partial charge in [0.05, 0.1) is 10.6 Å². The van der Waals surface area contributed by atoms with Crippen LogP contribution >= 0.6 is 0 Å². The molecule has 3 aromatic heterocycles. The summed E-state index contributed by atoms with van der Waals surface area (Å²) in [7, 11) is 1.96. The maximum atomic E-state index is 11.7. The summed E-state index contributed by atoms with van der Waals surface area (Å²) in [6.07, 6.45) is 3.75. The van der Waals surface area contributed by atoms with Crippen LogP contribution in [0.4, 0.5) is 17.1 Å². The molecule has 9 nitrogen and oxygen atoms in total. The summed E-state index contributed by atoms with van der Waals surface area (Å²) in [6.45, 7) is 0. The molecule has 5 rings (SSSR count). The van der Waals surface area contributed by atoms with E-state index < -0.39 is 4.92 Å². The molecular formula is C21H17N7O2. The molecule has 0 atom stereocenters. The molecule has 0 fully saturated rings. The Morgan fingerprint density at radius 3 is 2.60 bits per heavy atom. The average molecular weight is 399 g/mol. The van der Waals surface area contributed by atoms with Crippen molar-refractivity contribution in [2.75, 3.05) is 11.5 Å². The number of hydrogen-bond acceptors (Lipinski definition) is 6. The molecule has 5 N–H and O–H groups in total. The Bertz CT molecular complexity index is 1470. The molecule has 30 heavy (non-hydrogen) atoms. The molecule has 0 radical (unpaired) electrons.